The molecule has 0 saturated heterocycles. The van der Waals surface area contributed by atoms with Crippen LogP contribution in [0.15, 0.2) is 36.7 Å². The average molecular weight is 316 g/mol. The highest BCUT2D eigenvalue weighted by atomic mass is 16.5. The lowest BCUT2D eigenvalue weighted by Gasteiger charge is -2.21. The van der Waals surface area contributed by atoms with Gasteiger partial charge in [-0.25, -0.2) is 0 Å². The molecule has 1 heterocycles. The van der Waals surface area contributed by atoms with E-state index in [-0.39, 0.29) is 11.9 Å². The fourth-order valence-corrected chi connectivity index (χ4v) is 2.27. The third kappa shape index (κ3) is 5.39. The van der Waals surface area contributed by atoms with Crippen molar-refractivity contribution in [1.29, 1.82) is 0 Å². The zero-order valence-corrected chi connectivity index (χ0v) is 13.9. The highest BCUT2D eigenvalue weighted by Crippen LogP contribution is 2.13. The van der Waals surface area contributed by atoms with E-state index in [1.165, 1.54) is 0 Å². The molecule has 1 aromatic heterocycles. The fraction of sp³-hybridized carbons (Fsp3) is 0.471. The highest BCUT2D eigenvalue weighted by molar-refractivity contribution is 5.76. The van der Waals surface area contributed by atoms with Gasteiger partial charge in [0, 0.05) is 6.42 Å². The Labute approximate surface area is 136 Å². The topological polar surface area (TPSA) is 69.0 Å². The highest BCUT2D eigenvalue weighted by Gasteiger charge is 2.17. The predicted octanol–water partition coefficient (Wildman–Crippen LogP) is 2.06. The van der Waals surface area contributed by atoms with Crippen LogP contribution in [-0.2, 0) is 17.8 Å². The van der Waals surface area contributed by atoms with Gasteiger partial charge >= 0.3 is 0 Å². The Morgan fingerprint density at radius 2 is 1.87 bits per heavy atom. The molecule has 6 heteroatoms. The second kappa shape index (κ2) is 8.31. The van der Waals surface area contributed by atoms with Crippen LogP contribution in [0.2, 0.25) is 0 Å². The standard InChI is InChI=1S/C17H24N4O2/c1-13(2)16(12-21-18-10-11-19-21)20-17(22)9-6-14-4-7-15(23-3)8-5-14/h4-5,7-8,10-11,13,16H,6,9,12H2,1-3H3,(H,20,22). The van der Waals surface area contributed by atoms with Crippen LogP contribution < -0.4 is 10.1 Å². The number of hydrogen-bond acceptors (Lipinski definition) is 4. The van der Waals surface area contributed by atoms with Crippen molar-refractivity contribution < 1.29 is 9.53 Å². The Morgan fingerprint density at radius 1 is 1.22 bits per heavy atom. The van der Waals surface area contributed by atoms with E-state index in [9.17, 15) is 4.79 Å². The van der Waals surface area contributed by atoms with Crippen molar-refractivity contribution in [2.24, 2.45) is 5.92 Å². The van der Waals surface area contributed by atoms with Crippen molar-refractivity contribution in [3.8, 4) is 5.75 Å². The quantitative estimate of drug-likeness (QED) is 0.809. The summed E-state index contributed by atoms with van der Waals surface area (Å²) >= 11 is 0. The SMILES string of the molecule is COc1ccc(CCC(=O)NC(Cn2nccn2)C(C)C)cc1. The van der Waals surface area contributed by atoms with Crippen LogP contribution >= 0.6 is 0 Å². The van der Waals surface area contributed by atoms with Crippen LogP contribution in [0.4, 0.5) is 0 Å². The van der Waals surface area contributed by atoms with E-state index in [2.05, 4.69) is 29.4 Å². The molecule has 6 nitrogen and oxygen atoms in total. The largest absolute Gasteiger partial charge is 0.497 e. The minimum atomic E-state index is 0.0192. The van der Waals surface area contributed by atoms with Crippen LogP contribution in [-0.4, -0.2) is 34.1 Å². The molecule has 0 aliphatic heterocycles. The number of aromatic nitrogens is 3. The Hall–Kier alpha value is -2.37. The van der Waals surface area contributed by atoms with Crippen molar-refractivity contribution in [1.82, 2.24) is 20.3 Å². The van der Waals surface area contributed by atoms with Gasteiger partial charge in [0.25, 0.3) is 0 Å². The number of aryl methyl sites for hydroxylation is 1. The van der Waals surface area contributed by atoms with E-state index < -0.39 is 0 Å². The summed E-state index contributed by atoms with van der Waals surface area (Å²) in [5.41, 5.74) is 1.12. The molecule has 1 amide bonds. The lowest BCUT2D eigenvalue weighted by molar-refractivity contribution is -0.122. The fourth-order valence-electron chi connectivity index (χ4n) is 2.27. The average Bonchev–Trinajstić information content (AvgIpc) is 3.06. The minimum absolute atomic E-state index is 0.0192. The first kappa shape index (κ1) is 17.0. The second-order valence-electron chi connectivity index (χ2n) is 5.85. The summed E-state index contributed by atoms with van der Waals surface area (Å²) in [4.78, 5) is 13.8. The minimum Gasteiger partial charge on any atom is -0.497 e. The number of carbonyl (C=O) groups excluding carboxylic acids is 1. The summed E-state index contributed by atoms with van der Waals surface area (Å²) in [5, 5.41) is 11.3. The molecule has 1 atom stereocenters. The number of ether oxygens (including phenoxy) is 1. The molecule has 1 unspecified atom stereocenters. The number of carbonyl (C=O) groups is 1. The first-order valence-corrected chi connectivity index (χ1v) is 7.85. The van der Waals surface area contributed by atoms with Crippen molar-refractivity contribution in [3.63, 3.8) is 0 Å². The molecular formula is C17H24N4O2. The summed E-state index contributed by atoms with van der Waals surface area (Å²) in [6.07, 6.45) is 4.45. The Bertz CT molecular complexity index is 594. The Balaban J connectivity index is 1.83. The number of rotatable bonds is 8. The molecular weight excluding hydrogens is 292 g/mol. The normalized spacial score (nSPS) is 12.2. The van der Waals surface area contributed by atoms with E-state index in [1.807, 2.05) is 24.3 Å². The van der Waals surface area contributed by atoms with Gasteiger partial charge < -0.3 is 10.1 Å². The second-order valence-corrected chi connectivity index (χ2v) is 5.85. The summed E-state index contributed by atoms with van der Waals surface area (Å²) in [7, 11) is 1.64. The molecule has 23 heavy (non-hydrogen) atoms. The number of methoxy groups -OCH3 is 1. The van der Waals surface area contributed by atoms with Gasteiger partial charge in [-0.15, -0.1) is 0 Å². The first-order valence-electron chi connectivity index (χ1n) is 7.85. The van der Waals surface area contributed by atoms with Gasteiger partial charge in [-0.05, 0) is 30.0 Å². The van der Waals surface area contributed by atoms with Gasteiger partial charge in [-0.1, -0.05) is 26.0 Å². The van der Waals surface area contributed by atoms with E-state index in [4.69, 9.17) is 4.74 Å². The summed E-state index contributed by atoms with van der Waals surface area (Å²) in [6, 6.07) is 7.81. The molecule has 1 aromatic carbocycles. The van der Waals surface area contributed by atoms with Gasteiger partial charge in [0.1, 0.15) is 5.75 Å². The molecule has 124 valence electrons. The monoisotopic (exact) mass is 316 g/mol. The molecule has 0 spiro atoms. The molecule has 2 aromatic rings. The zero-order chi connectivity index (χ0) is 16.7. The molecule has 2 rings (SSSR count). The molecule has 1 N–H and O–H groups in total. The summed E-state index contributed by atoms with van der Waals surface area (Å²) in [5.74, 6) is 1.18. The van der Waals surface area contributed by atoms with Crippen LogP contribution in [0, 0.1) is 5.92 Å². The molecule has 0 aliphatic carbocycles. The van der Waals surface area contributed by atoms with Crippen molar-refractivity contribution in [2.75, 3.05) is 7.11 Å². The summed E-state index contributed by atoms with van der Waals surface area (Å²) in [6.45, 7) is 4.74. The number of nitrogens with one attached hydrogen (secondary N) is 1. The van der Waals surface area contributed by atoms with Gasteiger partial charge in [-0.3, -0.25) is 4.79 Å². The maximum atomic E-state index is 12.2. The van der Waals surface area contributed by atoms with Crippen LogP contribution in [0.1, 0.15) is 25.8 Å². The Morgan fingerprint density at radius 3 is 2.43 bits per heavy atom. The lowest BCUT2D eigenvalue weighted by Crippen LogP contribution is -2.42. The van der Waals surface area contributed by atoms with E-state index >= 15 is 0 Å². The van der Waals surface area contributed by atoms with Crippen molar-refractivity contribution in [3.05, 3.63) is 42.2 Å². The molecule has 0 radical (unpaired) electrons. The molecule has 0 aliphatic rings. The van der Waals surface area contributed by atoms with Crippen LogP contribution in [0.25, 0.3) is 0 Å². The van der Waals surface area contributed by atoms with Gasteiger partial charge in [0.05, 0.1) is 32.1 Å². The smallest absolute Gasteiger partial charge is 0.220 e. The number of hydrogen-bond donors (Lipinski definition) is 1. The van der Waals surface area contributed by atoms with Crippen molar-refractivity contribution in [2.45, 2.75) is 39.3 Å². The number of benzene rings is 1. The van der Waals surface area contributed by atoms with E-state index in [0.29, 0.717) is 25.3 Å². The number of nitrogens with zero attached hydrogens (tertiary/aromatic N) is 3. The lowest BCUT2D eigenvalue weighted by atomic mass is 10.0. The maximum Gasteiger partial charge on any atom is 0.220 e. The number of amides is 1. The summed E-state index contributed by atoms with van der Waals surface area (Å²) < 4.78 is 5.13. The van der Waals surface area contributed by atoms with Crippen LogP contribution in [0.5, 0.6) is 5.75 Å². The molecule has 0 fully saturated rings. The predicted molar refractivity (Wildman–Crippen MR) is 88.1 cm³/mol. The third-order valence-electron chi connectivity index (χ3n) is 3.78. The van der Waals surface area contributed by atoms with Crippen molar-refractivity contribution >= 4 is 5.91 Å². The van der Waals surface area contributed by atoms with Gasteiger partial charge in [0.15, 0.2) is 0 Å². The first-order chi connectivity index (χ1) is 11.1. The van der Waals surface area contributed by atoms with Gasteiger partial charge in [-0.2, -0.15) is 15.0 Å². The molecule has 0 saturated carbocycles. The van der Waals surface area contributed by atoms with Crippen LogP contribution in [0.3, 0.4) is 0 Å². The maximum absolute atomic E-state index is 12.2. The molecule has 0 bridgehead atoms. The zero-order valence-electron chi connectivity index (χ0n) is 13.9. The Kier molecular flexibility index (Phi) is 6.14. The van der Waals surface area contributed by atoms with E-state index in [0.717, 1.165) is 11.3 Å². The third-order valence-corrected chi connectivity index (χ3v) is 3.78. The van der Waals surface area contributed by atoms with Gasteiger partial charge in [0.2, 0.25) is 5.91 Å². The van der Waals surface area contributed by atoms with E-state index in [1.54, 1.807) is 24.3 Å².